The van der Waals surface area contributed by atoms with Gasteiger partial charge in [0.2, 0.25) is 0 Å². The second-order valence-corrected chi connectivity index (χ2v) is 6.80. The van der Waals surface area contributed by atoms with E-state index in [1.54, 1.807) is 0 Å². The topological polar surface area (TPSA) is 46.3 Å². The Morgan fingerprint density at radius 1 is 1.28 bits per heavy atom. The number of hydrogen-bond acceptors (Lipinski definition) is 2. The number of nitrogens with two attached hydrogens (primary N) is 1. The Hall–Kier alpha value is -0.390. The molecule has 2 N–H and O–H groups in total. The highest BCUT2D eigenvalue weighted by atomic mass is 79.9. The molecule has 0 aliphatic carbocycles. The average Bonchev–Trinajstić information content (AvgIpc) is 2.25. The molecule has 1 aliphatic rings. The molecule has 1 aliphatic heterocycles. The van der Waals surface area contributed by atoms with Crippen LogP contribution in [0.4, 0.5) is 0 Å². The Labute approximate surface area is 124 Å². The van der Waals surface area contributed by atoms with E-state index >= 15 is 0 Å². The molecule has 3 nitrogen and oxygen atoms in total. The summed E-state index contributed by atoms with van der Waals surface area (Å²) in [6.07, 6.45) is 0.992. The number of rotatable bonds is 1. The number of piperidine rings is 1. The molecule has 1 fully saturated rings. The summed E-state index contributed by atoms with van der Waals surface area (Å²) < 4.78 is 1.80. The standard InChI is InChI=1S/C13H16Br2N2O/c1-8-2-12(16)7-17(6-8)13(18)9-3-10(14)5-11(15)4-9/h3-5,8,12H,2,6-7,16H2,1H3. The van der Waals surface area contributed by atoms with Crippen LogP contribution in [0.25, 0.3) is 0 Å². The highest BCUT2D eigenvalue weighted by molar-refractivity contribution is 9.11. The summed E-state index contributed by atoms with van der Waals surface area (Å²) in [5, 5.41) is 0. The van der Waals surface area contributed by atoms with Crippen molar-refractivity contribution in [2.45, 2.75) is 19.4 Å². The monoisotopic (exact) mass is 374 g/mol. The molecule has 0 spiro atoms. The maximum absolute atomic E-state index is 12.4. The van der Waals surface area contributed by atoms with Gasteiger partial charge >= 0.3 is 0 Å². The Morgan fingerprint density at radius 3 is 2.44 bits per heavy atom. The van der Waals surface area contributed by atoms with Crippen molar-refractivity contribution in [1.82, 2.24) is 4.90 Å². The first-order valence-electron chi connectivity index (χ1n) is 5.96. The van der Waals surface area contributed by atoms with Crippen molar-refractivity contribution in [3.05, 3.63) is 32.7 Å². The number of hydrogen-bond donors (Lipinski definition) is 1. The van der Waals surface area contributed by atoms with Crippen LogP contribution in [0.5, 0.6) is 0 Å². The van der Waals surface area contributed by atoms with Crippen molar-refractivity contribution < 1.29 is 4.79 Å². The van der Waals surface area contributed by atoms with Gasteiger partial charge in [-0.25, -0.2) is 0 Å². The predicted molar refractivity (Wildman–Crippen MR) is 79.5 cm³/mol. The molecule has 98 valence electrons. The van der Waals surface area contributed by atoms with Gasteiger partial charge in [0, 0.05) is 33.6 Å². The molecule has 18 heavy (non-hydrogen) atoms. The van der Waals surface area contributed by atoms with E-state index in [4.69, 9.17) is 5.73 Å². The lowest BCUT2D eigenvalue weighted by Crippen LogP contribution is -2.48. The predicted octanol–water partition coefficient (Wildman–Crippen LogP) is 3.02. The molecule has 0 radical (unpaired) electrons. The zero-order valence-electron chi connectivity index (χ0n) is 10.2. The largest absolute Gasteiger partial charge is 0.337 e. The normalized spacial score (nSPS) is 24.1. The van der Waals surface area contributed by atoms with Gasteiger partial charge in [-0.1, -0.05) is 38.8 Å². The Balaban J connectivity index is 2.20. The first kappa shape index (κ1) is 14.0. The summed E-state index contributed by atoms with van der Waals surface area (Å²) in [6, 6.07) is 5.70. The summed E-state index contributed by atoms with van der Waals surface area (Å²) in [6.45, 7) is 3.57. The van der Waals surface area contributed by atoms with E-state index < -0.39 is 0 Å². The van der Waals surface area contributed by atoms with Crippen LogP contribution >= 0.6 is 31.9 Å². The van der Waals surface area contributed by atoms with Crippen molar-refractivity contribution in [3.8, 4) is 0 Å². The summed E-state index contributed by atoms with van der Waals surface area (Å²) >= 11 is 6.81. The highest BCUT2D eigenvalue weighted by Gasteiger charge is 2.26. The van der Waals surface area contributed by atoms with Crippen LogP contribution in [0.3, 0.4) is 0 Å². The van der Waals surface area contributed by atoms with Gasteiger partial charge in [-0.15, -0.1) is 0 Å². The molecule has 5 heteroatoms. The number of carbonyl (C=O) groups excluding carboxylic acids is 1. The van der Waals surface area contributed by atoms with Crippen LogP contribution in [0.2, 0.25) is 0 Å². The quantitative estimate of drug-likeness (QED) is 0.819. The fourth-order valence-corrected chi connectivity index (χ4v) is 3.72. The second-order valence-electron chi connectivity index (χ2n) is 4.97. The molecule has 1 aromatic carbocycles. The van der Waals surface area contributed by atoms with Crippen molar-refractivity contribution >= 4 is 37.8 Å². The lowest BCUT2D eigenvalue weighted by molar-refractivity contribution is 0.0661. The van der Waals surface area contributed by atoms with Crippen molar-refractivity contribution in [1.29, 1.82) is 0 Å². The lowest BCUT2D eigenvalue weighted by Gasteiger charge is -2.34. The second kappa shape index (κ2) is 5.72. The van der Waals surface area contributed by atoms with Gasteiger partial charge in [-0.05, 0) is 30.5 Å². The molecule has 1 saturated heterocycles. The summed E-state index contributed by atoms with van der Waals surface area (Å²) in [5.41, 5.74) is 6.67. The number of halogens is 2. The van der Waals surface area contributed by atoms with Gasteiger partial charge in [0.05, 0.1) is 0 Å². The van der Waals surface area contributed by atoms with Gasteiger partial charge in [-0.3, -0.25) is 4.79 Å². The molecule has 1 amide bonds. The maximum atomic E-state index is 12.4. The zero-order chi connectivity index (χ0) is 13.3. The summed E-state index contributed by atoms with van der Waals surface area (Å²) in [5.74, 6) is 0.521. The number of benzene rings is 1. The first-order chi connectivity index (χ1) is 8.45. The molecule has 2 rings (SSSR count). The fraction of sp³-hybridized carbons (Fsp3) is 0.462. The SMILES string of the molecule is CC1CC(N)CN(C(=O)c2cc(Br)cc(Br)c2)C1. The van der Waals surface area contributed by atoms with Gasteiger partial charge in [-0.2, -0.15) is 0 Å². The maximum Gasteiger partial charge on any atom is 0.253 e. The number of nitrogens with zero attached hydrogens (tertiary/aromatic N) is 1. The highest BCUT2D eigenvalue weighted by Crippen LogP contribution is 2.23. The van der Waals surface area contributed by atoms with E-state index in [0.29, 0.717) is 18.0 Å². The first-order valence-corrected chi connectivity index (χ1v) is 7.55. The summed E-state index contributed by atoms with van der Waals surface area (Å²) in [4.78, 5) is 14.3. The Bertz CT molecular complexity index is 434. The number of carbonyl (C=O) groups is 1. The smallest absolute Gasteiger partial charge is 0.253 e. The molecule has 0 saturated carbocycles. The van der Waals surface area contributed by atoms with E-state index in [-0.39, 0.29) is 11.9 Å². The van der Waals surface area contributed by atoms with E-state index in [2.05, 4.69) is 38.8 Å². The number of amides is 1. The third-order valence-electron chi connectivity index (χ3n) is 3.09. The third-order valence-corrected chi connectivity index (χ3v) is 4.00. The van der Waals surface area contributed by atoms with Gasteiger partial charge in [0.25, 0.3) is 5.91 Å². The minimum Gasteiger partial charge on any atom is -0.337 e. The minimum atomic E-state index is 0.0546. The minimum absolute atomic E-state index is 0.0546. The molecule has 1 heterocycles. The van der Waals surface area contributed by atoms with Crippen molar-refractivity contribution in [2.24, 2.45) is 11.7 Å². The van der Waals surface area contributed by atoms with E-state index in [9.17, 15) is 4.79 Å². The molecule has 2 unspecified atom stereocenters. The number of likely N-dealkylation sites (tertiary alicyclic amines) is 1. The van der Waals surface area contributed by atoms with Crippen LogP contribution in [0, 0.1) is 5.92 Å². The van der Waals surface area contributed by atoms with Gasteiger partial charge < -0.3 is 10.6 Å². The van der Waals surface area contributed by atoms with Crippen LogP contribution in [-0.4, -0.2) is 29.9 Å². The average molecular weight is 376 g/mol. The molecule has 2 atom stereocenters. The fourth-order valence-electron chi connectivity index (χ4n) is 2.43. The lowest BCUT2D eigenvalue weighted by atomic mass is 9.96. The van der Waals surface area contributed by atoms with Gasteiger partial charge in [0.15, 0.2) is 0 Å². The molecular formula is C13H16Br2N2O. The Kier molecular flexibility index (Phi) is 4.45. The molecule has 0 aromatic heterocycles. The molecular weight excluding hydrogens is 360 g/mol. The van der Waals surface area contributed by atoms with E-state index in [0.717, 1.165) is 21.9 Å². The third kappa shape index (κ3) is 3.33. The van der Waals surface area contributed by atoms with Crippen LogP contribution in [0.15, 0.2) is 27.1 Å². The van der Waals surface area contributed by atoms with Gasteiger partial charge in [0.1, 0.15) is 0 Å². The molecule has 1 aromatic rings. The Morgan fingerprint density at radius 2 is 1.89 bits per heavy atom. The van der Waals surface area contributed by atoms with Crippen LogP contribution in [-0.2, 0) is 0 Å². The van der Waals surface area contributed by atoms with Crippen LogP contribution < -0.4 is 5.73 Å². The summed E-state index contributed by atoms with van der Waals surface area (Å²) in [7, 11) is 0. The van der Waals surface area contributed by atoms with E-state index in [1.165, 1.54) is 0 Å². The van der Waals surface area contributed by atoms with Crippen molar-refractivity contribution in [3.63, 3.8) is 0 Å². The van der Waals surface area contributed by atoms with Crippen molar-refractivity contribution in [2.75, 3.05) is 13.1 Å². The van der Waals surface area contributed by atoms with E-state index in [1.807, 2.05) is 23.1 Å². The molecule has 0 bridgehead atoms. The van der Waals surface area contributed by atoms with Crippen LogP contribution in [0.1, 0.15) is 23.7 Å². The zero-order valence-corrected chi connectivity index (χ0v) is 13.4.